The molecule has 0 saturated heterocycles. The molecule has 4 heteroatoms. The van der Waals surface area contributed by atoms with E-state index in [4.69, 9.17) is 5.73 Å². The molecule has 0 unspecified atom stereocenters. The van der Waals surface area contributed by atoms with Crippen LogP contribution in [0.4, 0.5) is 11.4 Å². The maximum atomic E-state index is 5.67. The third-order valence-electron chi connectivity index (χ3n) is 2.83. The van der Waals surface area contributed by atoms with Gasteiger partial charge in [-0.05, 0) is 36.2 Å². The molecule has 0 atom stereocenters. The van der Waals surface area contributed by atoms with Crippen molar-refractivity contribution in [2.75, 3.05) is 24.2 Å². The molecule has 0 radical (unpaired) electrons. The van der Waals surface area contributed by atoms with Crippen molar-refractivity contribution < 1.29 is 0 Å². The second kappa shape index (κ2) is 4.91. The van der Waals surface area contributed by atoms with Crippen LogP contribution in [0.5, 0.6) is 0 Å². The normalized spacial score (nSPS) is 10.5. The molecule has 2 N–H and O–H groups in total. The van der Waals surface area contributed by atoms with Gasteiger partial charge in [-0.1, -0.05) is 0 Å². The molecule has 0 saturated carbocycles. The van der Waals surface area contributed by atoms with E-state index in [9.17, 15) is 0 Å². The molecular weight excluding hydrogens is 212 g/mol. The number of aromatic nitrogens is 2. The van der Waals surface area contributed by atoms with E-state index in [2.05, 4.69) is 23.2 Å². The second-order valence-corrected chi connectivity index (χ2v) is 4.29. The molecule has 0 aliphatic heterocycles. The van der Waals surface area contributed by atoms with E-state index in [-0.39, 0.29) is 0 Å². The van der Waals surface area contributed by atoms with Crippen LogP contribution >= 0.6 is 0 Å². The van der Waals surface area contributed by atoms with Crippen LogP contribution in [0.1, 0.15) is 5.56 Å². The van der Waals surface area contributed by atoms with Crippen molar-refractivity contribution in [3.05, 3.63) is 42.2 Å². The zero-order chi connectivity index (χ0) is 12.3. The van der Waals surface area contributed by atoms with E-state index in [1.165, 1.54) is 11.3 Å². The first-order valence-corrected chi connectivity index (χ1v) is 5.69. The molecule has 0 aliphatic carbocycles. The van der Waals surface area contributed by atoms with Crippen LogP contribution in [-0.2, 0) is 13.5 Å². The van der Waals surface area contributed by atoms with Crippen molar-refractivity contribution in [2.45, 2.75) is 6.42 Å². The lowest BCUT2D eigenvalue weighted by Crippen LogP contribution is -2.20. The van der Waals surface area contributed by atoms with Gasteiger partial charge in [0.1, 0.15) is 0 Å². The Balaban J connectivity index is 1.93. The maximum absolute atomic E-state index is 5.67. The van der Waals surface area contributed by atoms with Gasteiger partial charge in [0.2, 0.25) is 0 Å². The standard InChI is InChI=1S/C13H18N4/c1-16(13-5-3-12(14)4-6-13)8-7-11-9-15-17(2)10-11/h3-6,9-10H,7-8,14H2,1-2H3. The fourth-order valence-electron chi connectivity index (χ4n) is 1.76. The summed E-state index contributed by atoms with van der Waals surface area (Å²) >= 11 is 0. The second-order valence-electron chi connectivity index (χ2n) is 4.29. The van der Waals surface area contributed by atoms with E-state index in [0.29, 0.717) is 0 Å². The molecule has 0 aliphatic rings. The number of hydrogen-bond acceptors (Lipinski definition) is 3. The number of aryl methyl sites for hydroxylation is 1. The first-order chi connectivity index (χ1) is 8.15. The van der Waals surface area contributed by atoms with Gasteiger partial charge >= 0.3 is 0 Å². The molecule has 0 amide bonds. The first kappa shape index (κ1) is 11.5. The summed E-state index contributed by atoms with van der Waals surface area (Å²) in [5, 5.41) is 4.16. The summed E-state index contributed by atoms with van der Waals surface area (Å²) in [5.41, 5.74) is 8.91. The summed E-state index contributed by atoms with van der Waals surface area (Å²) in [6, 6.07) is 7.93. The largest absolute Gasteiger partial charge is 0.399 e. The monoisotopic (exact) mass is 230 g/mol. The molecule has 0 bridgehead atoms. The van der Waals surface area contributed by atoms with E-state index < -0.39 is 0 Å². The van der Waals surface area contributed by atoms with Gasteiger partial charge in [0.15, 0.2) is 0 Å². The third kappa shape index (κ3) is 3.00. The van der Waals surface area contributed by atoms with E-state index in [1.54, 1.807) is 0 Å². The molecule has 1 heterocycles. The molecule has 0 fully saturated rings. The number of nitrogens with zero attached hydrogens (tertiary/aromatic N) is 3. The predicted molar refractivity (Wildman–Crippen MR) is 71.0 cm³/mol. The highest BCUT2D eigenvalue weighted by Gasteiger charge is 2.02. The highest BCUT2D eigenvalue weighted by atomic mass is 15.2. The Morgan fingerprint density at radius 2 is 2.00 bits per heavy atom. The molecule has 0 spiro atoms. The predicted octanol–water partition coefficient (Wildman–Crippen LogP) is 1.68. The highest BCUT2D eigenvalue weighted by Crippen LogP contribution is 2.15. The molecule has 2 aromatic rings. The van der Waals surface area contributed by atoms with E-state index in [0.717, 1.165) is 18.7 Å². The smallest absolute Gasteiger partial charge is 0.0522 e. The van der Waals surface area contributed by atoms with Gasteiger partial charge in [-0.3, -0.25) is 4.68 Å². The number of nitrogen functional groups attached to an aromatic ring is 1. The van der Waals surface area contributed by atoms with Gasteiger partial charge in [0.25, 0.3) is 0 Å². The Morgan fingerprint density at radius 3 is 2.59 bits per heavy atom. The topological polar surface area (TPSA) is 47.1 Å². The zero-order valence-electron chi connectivity index (χ0n) is 10.3. The Hall–Kier alpha value is -1.97. The van der Waals surface area contributed by atoms with Crippen LogP contribution in [0, 0.1) is 0 Å². The number of benzene rings is 1. The summed E-state index contributed by atoms with van der Waals surface area (Å²) < 4.78 is 1.83. The lowest BCUT2D eigenvalue weighted by Gasteiger charge is -2.18. The molecule has 17 heavy (non-hydrogen) atoms. The highest BCUT2D eigenvalue weighted by molar-refractivity contribution is 5.52. The Kier molecular flexibility index (Phi) is 3.32. The van der Waals surface area contributed by atoms with Crippen molar-refractivity contribution in [1.29, 1.82) is 0 Å². The van der Waals surface area contributed by atoms with Crippen molar-refractivity contribution in [3.63, 3.8) is 0 Å². The molecule has 1 aromatic carbocycles. The number of hydrogen-bond donors (Lipinski definition) is 1. The van der Waals surface area contributed by atoms with Gasteiger partial charge in [0.05, 0.1) is 6.20 Å². The van der Waals surface area contributed by atoms with E-state index >= 15 is 0 Å². The molecular formula is C13H18N4. The van der Waals surface area contributed by atoms with Gasteiger partial charge in [-0.2, -0.15) is 5.10 Å². The number of likely N-dealkylation sites (N-methyl/N-ethyl adjacent to an activating group) is 1. The molecule has 2 rings (SSSR count). The lowest BCUT2D eigenvalue weighted by atomic mass is 10.2. The van der Waals surface area contributed by atoms with Crippen LogP contribution in [0.3, 0.4) is 0 Å². The van der Waals surface area contributed by atoms with Crippen LogP contribution < -0.4 is 10.6 Å². The van der Waals surface area contributed by atoms with Gasteiger partial charge in [0, 0.05) is 38.2 Å². The molecule has 1 aromatic heterocycles. The number of anilines is 2. The SMILES string of the molecule is CN(CCc1cnn(C)c1)c1ccc(N)cc1. The first-order valence-electron chi connectivity index (χ1n) is 5.69. The quantitative estimate of drug-likeness (QED) is 0.813. The summed E-state index contributed by atoms with van der Waals surface area (Å²) in [4.78, 5) is 2.21. The van der Waals surface area contributed by atoms with Gasteiger partial charge < -0.3 is 10.6 Å². The minimum Gasteiger partial charge on any atom is -0.399 e. The summed E-state index contributed by atoms with van der Waals surface area (Å²) in [5.74, 6) is 0. The summed E-state index contributed by atoms with van der Waals surface area (Å²) in [6.07, 6.45) is 4.96. The Labute approximate surface area is 102 Å². The van der Waals surface area contributed by atoms with Crippen molar-refractivity contribution in [1.82, 2.24) is 9.78 Å². The average Bonchev–Trinajstić information content (AvgIpc) is 2.73. The van der Waals surface area contributed by atoms with Crippen LogP contribution in [0.15, 0.2) is 36.7 Å². The lowest BCUT2D eigenvalue weighted by molar-refractivity contribution is 0.766. The Morgan fingerprint density at radius 1 is 1.29 bits per heavy atom. The number of nitrogens with two attached hydrogens (primary N) is 1. The average molecular weight is 230 g/mol. The third-order valence-corrected chi connectivity index (χ3v) is 2.83. The van der Waals surface area contributed by atoms with Crippen molar-refractivity contribution >= 4 is 11.4 Å². The van der Waals surface area contributed by atoms with E-state index in [1.807, 2.05) is 42.2 Å². The fraction of sp³-hybridized carbons (Fsp3) is 0.308. The minimum atomic E-state index is 0.800. The fourth-order valence-corrected chi connectivity index (χ4v) is 1.76. The van der Waals surface area contributed by atoms with Crippen LogP contribution in [-0.4, -0.2) is 23.4 Å². The zero-order valence-corrected chi connectivity index (χ0v) is 10.3. The summed E-state index contributed by atoms with van der Waals surface area (Å²) in [7, 11) is 4.02. The van der Waals surface area contributed by atoms with Crippen molar-refractivity contribution in [2.24, 2.45) is 7.05 Å². The van der Waals surface area contributed by atoms with Crippen LogP contribution in [0.2, 0.25) is 0 Å². The molecule has 90 valence electrons. The van der Waals surface area contributed by atoms with Gasteiger partial charge in [-0.15, -0.1) is 0 Å². The summed E-state index contributed by atoms with van der Waals surface area (Å²) in [6.45, 7) is 0.968. The number of rotatable bonds is 4. The van der Waals surface area contributed by atoms with Crippen molar-refractivity contribution in [3.8, 4) is 0 Å². The van der Waals surface area contributed by atoms with Crippen LogP contribution in [0.25, 0.3) is 0 Å². The minimum absolute atomic E-state index is 0.800. The maximum Gasteiger partial charge on any atom is 0.0522 e. The van der Waals surface area contributed by atoms with Gasteiger partial charge in [-0.25, -0.2) is 0 Å². The Bertz CT molecular complexity index is 472. The molecule has 4 nitrogen and oxygen atoms in total.